The minimum absolute atomic E-state index is 0.540. The Labute approximate surface area is 113 Å². The summed E-state index contributed by atoms with van der Waals surface area (Å²) in [6.07, 6.45) is 6.49. The molecule has 0 aliphatic heterocycles. The third kappa shape index (κ3) is 4.23. The molecule has 0 bridgehead atoms. The van der Waals surface area contributed by atoms with Crippen molar-refractivity contribution in [1.29, 1.82) is 0 Å². The van der Waals surface area contributed by atoms with E-state index in [0.29, 0.717) is 5.88 Å². The molecule has 0 saturated heterocycles. The molecule has 1 aliphatic carbocycles. The molecule has 1 fully saturated rings. The Bertz CT molecular complexity index is 336. The number of rotatable bonds is 8. The molecule has 0 radical (unpaired) electrons. The van der Waals surface area contributed by atoms with Crippen molar-refractivity contribution in [2.75, 3.05) is 13.1 Å². The number of nitrogens with zero attached hydrogens (tertiary/aromatic N) is 2. The molecule has 2 nitrogen and oxygen atoms in total. The van der Waals surface area contributed by atoms with Crippen molar-refractivity contribution in [2.24, 2.45) is 0 Å². The summed E-state index contributed by atoms with van der Waals surface area (Å²) in [7, 11) is 0. The first-order valence-electron chi connectivity index (χ1n) is 6.56. The smallest absolute Gasteiger partial charge is 0.0941 e. The maximum absolute atomic E-state index is 5.77. The predicted molar refractivity (Wildman–Crippen MR) is 74.9 cm³/mol. The highest BCUT2D eigenvalue weighted by atomic mass is 35.5. The van der Waals surface area contributed by atoms with E-state index < -0.39 is 0 Å². The highest BCUT2D eigenvalue weighted by molar-refractivity contribution is 7.09. The zero-order chi connectivity index (χ0) is 12.1. The lowest BCUT2D eigenvalue weighted by Gasteiger charge is -2.20. The average Bonchev–Trinajstić information content (AvgIpc) is 3.08. The Morgan fingerprint density at radius 3 is 2.88 bits per heavy atom. The minimum Gasteiger partial charge on any atom is -0.300 e. The van der Waals surface area contributed by atoms with Gasteiger partial charge in [0.25, 0.3) is 0 Å². The number of alkyl halides is 1. The Kier molecular flexibility index (Phi) is 5.26. The van der Waals surface area contributed by atoms with Gasteiger partial charge in [-0.3, -0.25) is 4.90 Å². The van der Waals surface area contributed by atoms with E-state index in [9.17, 15) is 0 Å². The second-order valence-electron chi connectivity index (χ2n) is 4.74. The van der Waals surface area contributed by atoms with Crippen LogP contribution in [0.1, 0.15) is 43.3 Å². The van der Waals surface area contributed by atoms with Gasteiger partial charge in [-0.1, -0.05) is 13.3 Å². The Morgan fingerprint density at radius 1 is 1.47 bits per heavy atom. The molecular weight excluding hydrogens is 252 g/mol. The summed E-state index contributed by atoms with van der Waals surface area (Å²) >= 11 is 7.52. The van der Waals surface area contributed by atoms with Crippen molar-refractivity contribution in [3.8, 4) is 0 Å². The third-order valence-electron chi connectivity index (χ3n) is 3.21. The quantitative estimate of drug-likeness (QED) is 0.671. The van der Waals surface area contributed by atoms with Crippen molar-refractivity contribution >= 4 is 22.9 Å². The topological polar surface area (TPSA) is 16.1 Å². The number of hydrogen-bond acceptors (Lipinski definition) is 3. The first kappa shape index (κ1) is 13.3. The standard InChI is InChI=1S/C13H21ClN2S/c1-2-3-7-16(12-4-5-12)8-6-13-15-11(9-14)10-17-13/h10,12H,2-9H2,1H3. The number of aromatic nitrogens is 1. The molecule has 0 atom stereocenters. The van der Waals surface area contributed by atoms with Crippen molar-refractivity contribution in [3.63, 3.8) is 0 Å². The van der Waals surface area contributed by atoms with E-state index in [1.165, 1.54) is 43.8 Å². The van der Waals surface area contributed by atoms with Crippen LogP contribution in [0.4, 0.5) is 0 Å². The van der Waals surface area contributed by atoms with Crippen LogP contribution in [0.2, 0.25) is 0 Å². The van der Waals surface area contributed by atoms with E-state index in [2.05, 4.69) is 22.2 Å². The van der Waals surface area contributed by atoms with Crippen LogP contribution in [0.15, 0.2) is 5.38 Å². The summed E-state index contributed by atoms with van der Waals surface area (Å²) in [5.41, 5.74) is 1.03. The summed E-state index contributed by atoms with van der Waals surface area (Å²) < 4.78 is 0. The molecule has 1 aromatic heterocycles. The zero-order valence-corrected chi connectivity index (χ0v) is 12.1. The molecule has 96 valence electrons. The Balaban J connectivity index is 1.77. The summed E-state index contributed by atoms with van der Waals surface area (Å²) in [6.45, 7) is 4.69. The highest BCUT2D eigenvalue weighted by Crippen LogP contribution is 2.27. The van der Waals surface area contributed by atoms with Crippen molar-refractivity contribution in [3.05, 3.63) is 16.1 Å². The molecule has 1 saturated carbocycles. The molecule has 0 N–H and O–H groups in total. The summed E-state index contributed by atoms with van der Waals surface area (Å²) in [5.74, 6) is 0.540. The van der Waals surface area contributed by atoms with E-state index in [0.717, 1.165) is 18.2 Å². The van der Waals surface area contributed by atoms with E-state index in [-0.39, 0.29) is 0 Å². The fourth-order valence-corrected chi connectivity index (χ4v) is 3.06. The molecule has 1 aliphatic rings. The molecule has 17 heavy (non-hydrogen) atoms. The highest BCUT2D eigenvalue weighted by Gasteiger charge is 2.28. The molecule has 1 aromatic rings. The van der Waals surface area contributed by atoms with Gasteiger partial charge in [-0.05, 0) is 25.8 Å². The van der Waals surface area contributed by atoms with Gasteiger partial charge >= 0.3 is 0 Å². The lowest BCUT2D eigenvalue weighted by Crippen LogP contribution is -2.29. The van der Waals surface area contributed by atoms with Crippen LogP contribution in [0, 0.1) is 0 Å². The lowest BCUT2D eigenvalue weighted by atomic mass is 10.3. The second-order valence-corrected chi connectivity index (χ2v) is 5.95. The average molecular weight is 273 g/mol. The summed E-state index contributed by atoms with van der Waals surface area (Å²) in [6, 6.07) is 0.869. The predicted octanol–water partition coefficient (Wildman–Crippen LogP) is 3.69. The fourth-order valence-electron chi connectivity index (χ4n) is 2.04. The molecule has 1 heterocycles. The van der Waals surface area contributed by atoms with Crippen molar-refractivity contribution in [2.45, 2.75) is 50.9 Å². The molecule has 0 spiro atoms. The van der Waals surface area contributed by atoms with Gasteiger partial charge < -0.3 is 0 Å². The van der Waals surface area contributed by atoms with E-state index in [1.807, 2.05) is 0 Å². The SMILES string of the molecule is CCCCN(CCc1nc(CCl)cs1)C1CC1. The Morgan fingerprint density at radius 2 is 2.29 bits per heavy atom. The van der Waals surface area contributed by atoms with Crippen LogP contribution in [0.3, 0.4) is 0 Å². The third-order valence-corrected chi connectivity index (χ3v) is 4.44. The molecule has 0 amide bonds. The van der Waals surface area contributed by atoms with Gasteiger partial charge in [0.05, 0.1) is 16.6 Å². The van der Waals surface area contributed by atoms with Crippen LogP contribution in [0.5, 0.6) is 0 Å². The van der Waals surface area contributed by atoms with Gasteiger partial charge in [0.1, 0.15) is 0 Å². The van der Waals surface area contributed by atoms with Gasteiger partial charge in [0.15, 0.2) is 0 Å². The van der Waals surface area contributed by atoms with Gasteiger partial charge in [-0.25, -0.2) is 4.98 Å². The second kappa shape index (κ2) is 6.72. The maximum Gasteiger partial charge on any atom is 0.0941 e. The van der Waals surface area contributed by atoms with Crippen LogP contribution in [-0.4, -0.2) is 29.0 Å². The summed E-state index contributed by atoms with van der Waals surface area (Å²) in [5, 5.41) is 3.32. The van der Waals surface area contributed by atoms with E-state index in [4.69, 9.17) is 11.6 Å². The Hall–Kier alpha value is -0.120. The fraction of sp³-hybridized carbons (Fsp3) is 0.769. The number of unbranched alkanes of at least 4 members (excludes halogenated alkanes) is 1. The normalized spacial score (nSPS) is 15.7. The van der Waals surface area contributed by atoms with Gasteiger partial charge in [0, 0.05) is 24.4 Å². The first-order valence-corrected chi connectivity index (χ1v) is 7.98. The van der Waals surface area contributed by atoms with Gasteiger partial charge in [-0.15, -0.1) is 22.9 Å². The lowest BCUT2D eigenvalue weighted by molar-refractivity contribution is 0.262. The monoisotopic (exact) mass is 272 g/mol. The molecular formula is C13H21ClN2S. The number of halogens is 1. The van der Waals surface area contributed by atoms with Crippen LogP contribution in [-0.2, 0) is 12.3 Å². The van der Waals surface area contributed by atoms with Crippen molar-refractivity contribution in [1.82, 2.24) is 9.88 Å². The minimum atomic E-state index is 0.540. The molecule has 0 aromatic carbocycles. The molecule has 4 heteroatoms. The number of thiazole rings is 1. The van der Waals surface area contributed by atoms with E-state index >= 15 is 0 Å². The van der Waals surface area contributed by atoms with Crippen LogP contribution in [0.25, 0.3) is 0 Å². The van der Waals surface area contributed by atoms with Gasteiger partial charge in [0.2, 0.25) is 0 Å². The molecule has 2 rings (SSSR count). The molecule has 0 unspecified atom stereocenters. The number of hydrogen-bond donors (Lipinski definition) is 0. The van der Waals surface area contributed by atoms with Crippen molar-refractivity contribution < 1.29 is 0 Å². The first-order chi connectivity index (χ1) is 8.33. The van der Waals surface area contributed by atoms with E-state index in [1.54, 1.807) is 11.3 Å². The largest absolute Gasteiger partial charge is 0.300 e. The van der Waals surface area contributed by atoms with Crippen LogP contribution >= 0.6 is 22.9 Å². The van der Waals surface area contributed by atoms with Crippen LogP contribution < -0.4 is 0 Å². The zero-order valence-electron chi connectivity index (χ0n) is 10.5. The van der Waals surface area contributed by atoms with Gasteiger partial charge in [-0.2, -0.15) is 0 Å². The summed E-state index contributed by atoms with van der Waals surface area (Å²) in [4.78, 5) is 7.16. The maximum atomic E-state index is 5.77.